The van der Waals surface area contributed by atoms with Gasteiger partial charge in [-0.15, -0.1) is 0 Å². The van der Waals surface area contributed by atoms with Gasteiger partial charge in [0.15, 0.2) is 17.9 Å². The number of rotatable bonds is 8. The second kappa shape index (κ2) is 9.75. The first-order chi connectivity index (χ1) is 16.7. The maximum atomic E-state index is 9.65. The number of ether oxygens (including phenoxy) is 1. The Bertz CT molecular complexity index is 1270. The van der Waals surface area contributed by atoms with E-state index in [1.165, 1.54) is 19.2 Å². The zero-order valence-corrected chi connectivity index (χ0v) is 18.9. The van der Waals surface area contributed by atoms with Gasteiger partial charge in [-0.2, -0.15) is 10.4 Å². The molecule has 1 aliphatic carbocycles. The molecule has 5 rings (SSSR count). The van der Waals surface area contributed by atoms with E-state index >= 15 is 0 Å². The Morgan fingerprint density at radius 2 is 2.00 bits per heavy atom. The zero-order valence-electron chi connectivity index (χ0n) is 18.9. The second-order valence-corrected chi connectivity index (χ2v) is 8.41. The molecule has 34 heavy (non-hydrogen) atoms. The number of hydrogen-bond acceptors (Lipinski definition) is 8. The molecule has 172 valence electrons. The van der Waals surface area contributed by atoms with E-state index in [1.54, 1.807) is 25.7 Å². The van der Waals surface area contributed by atoms with Crippen LogP contribution >= 0.6 is 0 Å². The van der Waals surface area contributed by atoms with Crippen molar-refractivity contribution in [2.24, 2.45) is 11.8 Å². The lowest BCUT2D eigenvalue weighted by molar-refractivity contribution is 0.354. The summed E-state index contributed by atoms with van der Waals surface area (Å²) in [6.45, 7) is 0.581. The second-order valence-electron chi connectivity index (χ2n) is 8.41. The smallest absolute Gasteiger partial charge is 0.227 e. The molecule has 1 aliphatic rings. The van der Waals surface area contributed by atoms with Crippen molar-refractivity contribution in [3.8, 4) is 34.4 Å². The van der Waals surface area contributed by atoms with Crippen LogP contribution in [0, 0.1) is 23.2 Å². The van der Waals surface area contributed by atoms with Crippen molar-refractivity contribution in [1.82, 2.24) is 24.7 Å². The SMILES string of the molecule is COc1cnc(Nc2ccc(-c3cnco3)cc2)nc1-c1cnn(CC(C#N)C2CCCC2)c1. The van der Waals surface area contributed by atoms with E-state index in [-0.39, 0.29) is 5.92 Å². The summed E-state index contributed by atoms with van der Waals surface area (Å²) in [7, 11) is 1.59. The fourth-order valence-electron chi connectivity index (χ4n) is 4.43. The Balaban J connectivity index is 1.34. The minimum absolute atomic E-state index is 0.0281. The van der Waals surface area contributed by atoms with Crippen molar-refractivity contribution >= 4 is 11.6 Å². The average Bonchev–Trinajstić information content (AvgIpc) is 3.66. The van der Waals surface area contributed by atoms with Gasteiger partial charge in [0.05, 0.1) is 44.2 Å². The molecule has 9 nitrogen and oxygen atoms in total. The standard InChI is InChI=1S/C25H25N7O2/c1-33-23-13-28-25(30-21-8-6-18(7-9-21)22-12-27-16-34-22)31-24(23)20-11-29-32(15-20)14-19(10-26)17-4-2-3-5-17/h6-9,11-13,15-17,19H,2-5,14H2,1H3,(H,28,30,31). The molecule has 4 aromatic rings. The van der Waals surface area contributed by atoms with Crippen molar-refractivity contribution < 1.29 is 9.15 Å². The van der Waals surface area contributed by atoms with Crippen LogP contribution in [0.25, 0.3) is 22.6 Å². The Labute approximate surface area is 197 Å². The minimum Gasteiger partial charge on any atom is -0.493 e. The first-order valence-corrected chi connectivity index (χ1v) is 11.3. The number of hydrogen-bond donors (Lipinski definition) is 1. The molecule has 1 atom stereocenters. The monoisotopic (exact) mass is 455 g/mol. The lowest BCUT2D eigenvalue weighted by atomic mass is 9.92. The number of anilines is 2. The topological polar surface area (TPSA) is 115 Å². The van der Waals surface area contributed by atoms with Crippen LogP contribution in [0.2, 0.25) is 0 Å². The highest BCUT2D eigenvalue weighted by atomic mass is 16.5. The fourth-order valence-corrected chi connectivity index (χ4v) is 4.43. The summed E-state index contributed by atoms with van der Waals surface area (Å²) < 4.78 is 12.7. The largest absolute Gasteiger partial charge is 0.493 e. The molecule has 1 saturated carbocycles. The first-order valence-electron chi connectivity index (χ1n) is 11.3. The van der Waals surface area contributed by atoms with Gasteiger partial charge in [-0.25, -0.2) is 15.0 Å². The third-order valence-electron chi connectivity index (χ3n) is 6.26. The Kier molecular flexibility index (Phi) is 6.21. The number of methoxy groups -OCH3 is 1. The molecule has 0 saturated heterocycles. The molecule has 1 fully saturated rings. The predicted octanol–water partition coefficient (Wildman–Crippen LogP) is 5.08. The van der Waals surface area contributed by atoms with Crippen molar-refractivity contribution in [3.63, 3.8) is 0 Å². The van der Waals surface area contributed by atoms with Crippen molar-refractivity contribution in [2.45, 2.75) is 32.2 Å². The van der Waals surface area contributed by atoms with E-state index in [1.807, 2.05) is 35.1 Å². The Morgan fingerprint density at radius 1 is 1.18 bits per heavy atom. The Hall–Kier alpha value is -4.19. The fraction of sp³-hybridized carbons (Fsp3) is 0.320. The van der Waals surface area contributed by atoms with Crippen LogP contribution in [-0.4, -0.2) is 31.8 Å². The van der Waals surface area contributed by atoms with Gasteiger partial charge in [0.1, 0.15) is 5.69 Å². The number of nitrogens with one attached hydrogen (secondary N) is 1. The van der Waals surface area contributed by atoms with Gasteiger partial charge in [-0.05, 0) is 43.0 Å². The third kappa shape index (κ3) is 4.62. The van der Waals surface area contributed by atoms with Gasteiger partial charge in [0, 0.05) is 23.0 Å². The number of aromatic nitrogens is 5. The molecule has 0 spiro atoms. The summed E-state index contributed by atoms with van der Waals surface area (Å²) in [6.07, 6.45) is 13.1. The van der Waals surface area contributed by atoms with E-state index in [9.17, 15) is 5.26 Å². The molecular formula is C25H25N7O2. The van der Waals surface area contributed by atoms with Crippen molar-refractivity contribution in [2.75, 3.05) is 12.4 Å². The molecule has 3 heterocycles. The molecule has 3 aromatic heterocycles. The van der Waals surface area contributed by atoms with Crippen LogP contribution in [0.15, 0.2) is 59.9 Å². The van der Waals surface area contributed by atoms with E-state index in [0.29, 0.717) is 35.6 Å². The molecule has 0 aliphatic heterocycles. The summed E-state index contributed by atoms with van der Waals surface area (Å²) >= 11 is 0. The highest BCUT2D eigenvalue weighted by Gasteiger charge is 2.25. The van der Waals surface area contributed by atoms with Gasteiger partial charge in [-0.1, -0.05) is 12.8 Å². The lowest BCUT2D eigenvalue weighted by Gasteiger charge is -2.15. The van der Waals surface area contributed by atoms with Gasteiger partial charge >= 0.3 is 0 Å². The summed E-state index contributed by atoms with van der Waals surface area (Å²) in [5, 5.41) is 17.4. The van der Waals surface area contributed by atoms with Crippen LogP contribution in [0.3, 0.4) is 0 Å². The summed E-state index contributed by atoms with van der Waals surface area (Å²) in [5.74, 6) is 2.13. The molecule has 0 amide bonds. The maximum Gasteiger partial charge on any atom is 0.227 e. The molecule has 1 N–H and O–H groups in total. The quantitative estimate of drug-likeness (QED) is 0.391. The highest BCUT2D eigenvalue weighted by Crippen LogP contribution is 2.33. The van der Waals surface area contributed by atoms with Gasteiger partial charge in [0.25, 0.3) is 0 Å². The number of benzene rings is 1. The van der Waals surface area contributed by atoms with Crippen LogP contribution < -0.4 is 10.1 Å². The third-order valence-corrected chi connectivity index (χ3v) is 6.26. The summed E-state index contributed by atoms with van der Waals surface area (Å²) in [4.78, 5) is 13.0. The first kappa shape index (κ1) is 21.6. The summed E-state index contributed by atoms with van der Waals surface area (Å²) in [5.41, 5.74) is 3.22. The van der Waals surface area contributed by atoms with Crippen molar-refractivity contribution in [3.05, 3.63) is 55.4 Å². The molecule has 1 unspecified atom stereocenters. The van der Waals surface area contributed by atoms with Gasteiger partial charge in [-0.3, -0.25) is 4.68 Å². The number of oxazole rings is 1. The van der Waals surface area contributed by atoms with Gasteiger partial charge in [0.2, 0.25) is 5.95 Å². The van der Waals surface area contributed by atoms with Crippen LogP contribution in [0.4, 0.5) is 11.6 Å². The van der Waals surface area contributed by atoms with Crippen molar-refractivity contribution in [1.29, 1.82) is 5.26 Å². The zero-order chi connectivity index (χ0) is 23.3. The van der Waals surface area contributed by atoms with Crippen LogP contribution in [0.1, 0.15) is 25.7 Å². The molecule has 0 bridgehead atoms. The minimum atomic E-state index is -0.0281. The van der Waals surface area contributed by atoms with Crippen LogP contribution in [-0.2, 0) is 6.54 Å². The highest BCUT2D eigenvalue weighted by molar-refractivity contribution is 5.68. The van der Waals surface area contributed by atoms with Gasteiger partial charge < -0.3 is 14.5 Å². The lowest BCUT2D eigenvalue weighted by Crippen LogP contribution is -2.17. The molecule has 1 aromatic carbocycles. The maximum absolute atomic E-state index is 9.65. The normalized spacial score (nSPS) is 14.6. The number of nitrogens with zero attached hydrogens (tertiary/aromatic N) is 6. The summed E-state index contributed by atoms with van der Waals surface area (Å²) in [6, 6.07) is 10.2. The molecular weight excluding hydrogens is 430 g/mol. The van der Waals surface area contributed by atoms with E-state index in [2.05, 4.69) is 31.4 Å². The van der Waals surface area contributed by atoms with E-state index in [0.717, 1.165) is 29.7 Å². The van der Waals surface area contributed by atoms with E-state index < -0.39 is 0 Å². The average molecular weight is 456 g/mol. The van der Waals surface area contributed by atoms with Crippen LogP contribution in [0.5, 0.6) is 5.75 Å². The predicted molar refractivity (Wildman–Crippen MR) is 126 cm³/mol. The Morgan fingerprint density at radius 3 is 2.71 bits per heavy atom. The number of nitriles is 1. The van der Waals surface area contributed by atoms with E-state index in [4.69, 9.17) is 9.15 Å². The molecule has 0 radical (unpaired) electrons. The molecule has 9 heteroatoms.